The van der Waals surface area contributed by atoms with Gasteiger partial charge in [0.1, 0.15) is 6.04 Å². The maximum atomic E-state index is 13.5. The number of thioether (sulfide) groups is 1. The van der Waals surface area contributed by atoms with Gasteiger partial charge >= 0.3 is 5.97 Å². The molecule has 0 spiro atoms. The number of aryl methyl sites for hydroxylation is 2. The molecule has 4 aromatic rings. The molecule has 40 heavy (non-hydrogen) atoms. The molecule has 0 saturated carbocycles. The molecule has 0 unspecified atom stereocenters. The van der Waals surface area contributed by atoms with E-state index in [0.29, 0.717) is 24.3 Å². The largest absolute Gasteiger partial charge is 0.480 e. The van der Waals surface area contributed by atoms with Crippen molar-refractivity contribution in [2.24, 2.45) is 0 Å². The second kappa shape index (κ2) is 13.9. The minimum atomic E-state index is -1.02. The molecule has 0 radical (unpaired) electrons. The molecular weight excluding hydrogens is 516 g/mol. The zero-order valence-electron chi connectivity index (χ0n) is 23.3. The first kappa shape index (κ1) is 29.0. The first-order valence-corrected chi connectivity index (χ1v) is 14.8. The molecular formula is C34H36N2O3S. The first-order chi connectivity index (χ1) is 19.4. The van der Waals surface area contributed by atoms with Gasteiger partial charge in [-0.2, -0.15) is 11.8 Å². The monoisotopic (exact) mass is 552 g/mol. The number of carbonyl (C=O) groups excluding carboxylic acids is 1. The number of nitrogens with one attached hydrogen (secondary N) is 1. The molecule has 5 nitrogen and oxygen atoms in total. The number of carbonyl (C=O) groups is 2. The molecule has 2 N–H and O–H groups in total. The van der Waals surface area contributed by atoms with Crippen LogP contribution < -0.4 is 10.2 Å². The van der Waals surface area contributed by atoms with Gasteiger partial charge in [-0.3, -0.25) is 4.79 Å². The lowest BCUT2D eigenvalue weighted by Gasteiger charge is -2.26. The summed E-state index contributed by atoms with van der Waals surface area (Å²) in [6.07, 6.45) is 2.29. The Morgan fingerprint density at radius 1 is 0.825 bits per heavy atom. The predicted octanol–water partition coefficient (Wildman–Crippen LogP) is 7.11. The molecule has 4 rings (SSSR count). The van der Waals surface area contributed by atoms with E-state index in [-0.39, 0.29) is 5.91 Å². The molecule has 0 aromatic heterocycles. The summed E-state index contributed by atoms with van der Waals surface area (Å²) in [4.78, 5) is 27.6. The molecule has 6 heteroatoms. The lowest BCUT2D eigenvalue weighted by atomic mass is 9.93. The SMILES string of the molecule is CSCC[C@H](NC(=O)c1ccc(CN(Cc2ccccc2)c2ccc(C)cc2)cc1-c1ccccc1C)C(=O)O. The summed E-state index contributed by atoms with van der Waals surface area (Å²) < 4.78 is 0. The van der Waals surface area contributed by atoms with Crippen molar-refractivity contribution in [2.75, 3.05) is 16.9 Å². The fourth-order valence-electron chi connectivity index (χ4n) is 4.73. The molecule has 1 amide bonds. The summed E-state index contributed by atoms with van der Waals surface area (Å²) in [6, 6.07) is 31.8. The molecule has 206 valence electrons. The fraction of sp³-hybridized carbons (Fsp3) is 0.235. The van der Waals surface area contributed by atoms with Gasteiger partial charge in [0.05, 0.1) is 0 Å². The molecule has 4 aromatic carbocycles. The van der Waals surface area contributed by atoms with Crippen LogP contribution in [0.5, 0.6) is 0 Å². The van der Waals surface area contributed by atoms with Crippen LogP contribution in [0, 0.1) is 13.8 Å². The molecule has 0 aliphatic carbocycles. The van der Waals surface area contributed by atoms with Gasteiger partial charge in [-0.25, -0.2) is 4.79 Å². The minimum Gasteiger partial charge on any atom is -0.480 e. The highest BCUT2D eigenvalue weighted by Crippen LogP contribution is 2.30. The van der Waals surface area contributed by atoms with Crippen molar-refractivity contribution in [3.05, 3.63) is 125 Å². The predicted molar refractivity (Wildman–Crippen MR) is 166 cm³/mol. The van der Waals surface area contributed by atoms with Gasteiger partial charge in [0.15, 0.2) is 0 Å². The van der Waals surface area contributed by atoms with Gasteiger partial charge in [-0.05, 0) is 84.4 Å². The molecule has 0 saturated heterocycles. The van der Waals surface area contributed by atoms with Crippen LogP contribution in [0.4, 0.5) is 5.69 Å². The number of nitrogens with zero attached hydrogens (tertiary/aromatic N) is 1. The smallest absolute Gasteiger partial charge is 0.326 e. The van der Waals surface area contributed by atoms with Crippen LogP contribution in [-0.2, 0) is 17.9 Å². The number of benzene rings is 4. The number of rotatable bonds is 12. The van der Waals surface area contributed by atoms with Gasteiger partial charge in [0.25, 0.3) is 5.91 Å². The molecule has 0 aliphatic rings. The topological polar surface area (TPSA) is 69.6 Å². The van der Waals surface area contributed by atoms with E-state index in [4.69, 9.17) is 0 Å². The van der Waals surface area contributed by atoms with Crippen LogP contribution in [0.2, 0.25) is 0 Å². The molecule has 0 aliphatic heterocycles. The zero-order chi connectivity index (χ0) is 28.5. The lowest BCUT2D eigenvalue weighted by molar-refractivity contribution is -0.139. The maximum Gasteiger partial charge on any atom is 0.326 e. The van der Waals surface area contributed by atoms with Crippen molar-refractivity contribution in [1.82, 2.24) is 5.32 Å². The number of amides is 1. The number of aliphatic carboxylic acids is 1. The van der Waals surface area contributed by atoms with Crippen molar-refractivity contribution in [3.8, 4) is 11.1 Å². The molecule has 0 heterocycles. The van der Waals surface area contributed by atoms with Gasteiger partial charge in [0, 0.05) is 24.3 Å². The first-order valence-electron chi connectivity index (χ1n) is 13.4. The molecule has 0 bridgehead atoms. The quantitative estimate of drug-likeness (QED) is 0.196. The molecule has 0 fully saturated rings. The third-order valence-corrected chi connectivity index (χ3v) is 7.61. The normalized spacial score (nSPS) is 11.6. The van der Waals surface area contributed by atoms with Crippen LogP contribution in [0.25, 0.3) is 11.1 Å². The van der Waals surface area contributed by atoms with Gasteiger partial charge in [-0.15, -0.1) is 0 Å². The van der Waals surface area contributed by atoms with Gasteiger partial charge < -0.3 is 15.3 Å². The Labute approximate surface area is 241 Å². The maximum absolute atomic E-state index is 13.5. The van der Waals surface area contributed by atoms with E-state index >= 15 is 0 Å². The van der Waals surface area contributed by atoms with E-state index in [1.54, 1.807) is 11.8 Å². The van der Waals surface area contributed by atoms with Gasteiger partial charge in [0.2, 0.25) is 0 Å². The van der Waals surface area contributed by atoms with E-state index in [1.165, 1.54) is 11.1 Å². The van der Waals surface area contributed by atoms with Crippen LogP contribution in [0.1, 0.15) is 39.0 Å². The Morgan fingerprint density at radius 3 is 2.17 bits per heavy atom. The van der Waals surface area contributed by atoms with E-state index in [1.807, 2.05) is 55.6 Å². The van der Waals surface area contributed by atoms with Crippen LogP contribution in [-0.4, -0.2) is 35.0 Å². The average Bonchev–Trinajstić information content (AvgIpc) is 2.96. The van der Waals surface area contributed by atoms with E-state index < -0.39 is 12.0 Å². The van der Waals surface area contributed by atoms with Crippen LogP contribution in [0.3, 0.4) is 0 Å². The van der Waals surface area contributed by atoms with Crippen molar-refractivity contribution in [1.29, 1.82) is 0 Å². The number of anilines is 1. The van der Waals surface area contributed by atoms with Crippen LogP contribution in [0.15, 0.2) is 97.1 Å². The van der Waals surface area contributed by atoms with Crippen molar-refractivity contribution in [2.45, 2.75) is 39.4 Å². The van der Waals surface area contributed by atoms with E-state index in [0.717, 1.165) is 34.5 Å². The lowest BCUT2D eigenvalue weighted by Crippen LogP contribution is -2.41. The van der Waals surface area contributed by atoms with Crippen molar-refractivity contribution >= 4 is 29.3 Å². The van der Waals surface area contributed by atoms with Gasteiger partial charge in [-0.1, -0.05) is 78.4 Å². The zero-order valence-corrected chi connectivity index (χ0v) is 24.1. The second-order valence-corrected chi connectivity index (χ2v) is 11.0. The number of carboxylic acid groups (broad SMARTS) is 1. The minimum absolute atomic E-state index is 0.366. The Kier molecular flexibility index (Phi) is 10.0. The standard InChI is InChI=1S/C34H36N2O3S/c1-24-13-16-28(17-14-24)36(22-26-10-5-4-6-11-26)23-27-15-18-30(31(21-27)29-12-8-7-9-25(29)2)33(37)35-32(34(38)39)19-20-40-3/h4-18,21,32H,19-20,22-23H2,1-3H3,(H,35,37)(H,38,39)/t32-/m0/s1. The van der Waals surface area contributed by atoms with E-state index in [9.17, 15) is 14.7 Å². The Hall–Kier alpha value is -4.03. The summed E-state index contributed by atoms with van der Waals surface area (Å²) in [5.74, 6) is -0.749. The van der Waals surface area contributed by atoms with E-state index in [2.05, 4.69) is 71.7 Å². The van der Waals surface area contributed by atoms with Crippen LogP contribution >= 0.6 is 11.8 Å². The second-order valence-electron chi connectivity index (χ2n) is 10.0. The number of hydrogen-bond donors (Lipinski definition) is 2. The third kappa shape index (κ3) is 7.54. The average molecular weight is 553 g/mol. The summed E-state index contributed by atoms with van der Waals surface area (Å²) in [5, 5.41) is 12.4. The Balaban J connectivity index is 1.71. The summed E-state index contributed by atoms with van der Waals surface area (Å²) in [6.45, 7) is 5.49. The summed E-state index contributed by atoms with van der Waals surface area (Å²) in [7, 11) is 0. The summed E-state index contributed by atoms with van der Waals surface area (Å²) >= 11 is 1.56. The highest BCUT2D eigenvalue weighted by Gasteiger charge is 2.23. The fourth-order valence-corrected chi connectivity index (χ4v) is 5.20. The van der Waals surface area contributed by atoms with Crippen molar-refractivity contribution < 1.29 is 14.7 Å². The summed E-state index contributed by atoms with van der Waals surface area (Å²) in [5.41, 5.74) is 7.86. The highest BCUT2D eigenvalue weighted by molar-refractivity contribution is 7.98. The van der Waals surface area contributed by atoms with Crippen molar-refractivity contribution in [3.63, 3.8) is 0 Å². The molecule has 1 atom stereocenters. The Bertz CT molecular complexity index is 1440. The third-order valence-electron chi connectivity index (χ3n) is 6.97. The number of carboxylic acids is 1. The number of hydrogen-bond acceptors (Lipinski definition) is 4. The highest BCUT2D eigenvalue weighted by atomic mass is 32.2. The Morgan fingerprint density at radius 2 is 1.50 bits per heavy atom.